The minimum absolute atomic E-state index is 1.28. The minimum Gasteiger partial charge on any atom is -0.0610 e. The van der Waals surface area contributed by atoms with Crippen LogP contribution in [0.1, 0.15) is 22.3 Å². The molecule has 0 aliphatic rings. The summed E-state index contributed by atoms with van der Waals surface area (Å²) in [4.78, 5) is 0. The van der Waals surface area contributed by atoms with Crippen LogP contribution in [0.3, 0.4) is 0 Å². The third-order valence-corrected chi connectivity index (χ3v) is 9.77. The van der Waals surface area contributed by atoms with Crippen molar-refractivity contribution in [2.45, 2.75) is 27.7 Å². The third kappa shape index (κ3) is 7.22. The molecule has 0 radical (unpaired) electrons. The number of benzene rings is 6. The smallest absolute Gasteiger partial charge is 0.0287 e. The lowest BCUT2D eigenvalue weighted by atomic mass is 9.98. The average Bonchev–Trinajstić information content (AvgIpc) is 3.00. The number of hydrogen-bond acceptors (Lipinski definition) is 0. The molecule has 0 heterocycles. The van der Waals surface area contributed by atoms with Crippen LogP contribution in [0.15, 0.2) is 133 Å². The molecule has 0 atom stereocenters. The lowest BCUT2D eigenvalue weighted by Crippen LogP contribution is -1.88. The molecule has 0 saturated carbocycles. The lowest BCUT2D eigenvalue weighted by molar-refractivity contribution is 1.45. The van der Waals surface area contributed by atoms with Crippen molar-refractivity contribution in [3.05, 3.63) is 163 Å². The summed E-state index contributed by atoms with van der Waals surface area (Å²) in [5.74, 6) is 0. The van der Waals surface area contributed by atoms with Crippen LogP contribution in [0.5, 0.6) is 0 Å². The summed E-state index contributed by atoms with van der Waals surface area (Å²) in [6.45, 7) is 8.49. The van der Waals surface area contributed by atoms with E-state index in [1.165, 1.54) is 73.9 Å². The normalized spacial score (nSPS) is 10.6. The summed E-state index contributed by atoms with van der Waals surface area (Å²) in [5, 5.41) is 0. The Labute approximate surface area is 278 Å². The Hall–Kier alpha value is -3.22. The summed E-state index contributed by atoms with van der Waals surface area (Å²) >= 11 is 4.93. The van der Waals surface area contributed by atoms with Crippen LogP contribution in [-0.4, -0.2) is 0 Å². The molecular weight excluding hydrogens is 734 g/mol. The zero-order valence-electron chi connectivity index (χ0n) is 24.5. The van der Waals surface area contributed by atoms with E-state index in [2.05, 4.69) is 206 Å². The van der Waals surface area contributed by atoms with Gasteiger partial charge in [-0.15, -0.1) is 0 Å². The predicted molar refractivity (Wildman–Crippen MR) is 199 cm³/mol. The number of halogens is 2. The molecule has 2 heteroatoms. The van der Waals surface area contributed by atoms with Crippen LogP contribution < -0.4 is 0 Å². The molecule has 6 aromatic rings. The molecule has 0 bridgehead atoms. The SMILES string of the molecule is Cc1ccc(-c2cccc(-c3ccc(C)cc3)c2I)cc1.Cc1ccc(-c2cccc(-c3ccc(C)cc3)c2I)cc1. The fourth-order valence-corrected chi connectivity index (χ4v) is 6.85. The Morgan fingerprint density at radius 1 is 0.286 bits per heavy atom. The first kappa shape index (κ1) is 30.2. The maximum Gasteiger partial charge on any atom is 0.0287 e. The van der Waals surface area contributed by atoms with Gasteiger partial charge in [-0.05, 0) is 117 Å². The highest BCUT2D eigenvalue weighted by Gasteiger charge is 2.10. The van der Waals surface area contributed by atoms with Gasteiger partial charge >= 0.3 is 0 Å². The van der Waals surface area contributed by atoms with E-state index in [9.17, 15) is 0 Å². The molecule has 6 aromatic carbocycles. The molecule has 0 aliphatic heterocycles. The van der Waals surface area contributed by atoms with Crippen molar-refractivity contribution in [2.75, 3.05) is 0 Å². The average molecular weight is 769 g/mol. The summed E-state index contributed by atoms with van der Waals surface area (Å²) in [6.07, 6.45) is 0. The van der Waals surface area contributed by atoms with E-state index in [1.54, 1.807) is 0 Å². The van der Waals surface area contributed by atoms with Crippen LogP contribution in [0.25, 0.3) is 44.5 Å². The topological polar surface area (TPSA) is 0 Å². The molecule has 6 rings (SSSR count). The van der Waals surface area contributed by atoms with Crippen molar-refractivity contribution in [3.8, 4) is 44.5 Å². The molecule has 0 amide bonds. The van der Waals surface area contributed by atoms with E-state index >= 15 is 0 Å². The van der Waals surface area contributed by atoms with Gasteiger partial charge in [-0.3, -0.25) is 0 Å². The predicted octanol–water partition coefficient (Wildman–Crippen LogP) is 12.5. The van der Waals surface area contributed by atoms with Crippen molar-refractivity contribution in [2.24, 2.45) is 0 Å². The second-order valence-electron chi connectivity index (χ2n) is 10.8. The Balaban J connectivity index is 0.000000168. The van der Waals surface area contributed by atoms with Crippen molar-refractivity contribution in [3.63, 3.8) is 0 Å². The standard InChI is InChI=1S/2C20H17I/c2*1-14-6-10-16(11-7-14)18-4-3-5-19(20(18)21)17-12-8-15(2)9-13-17/h2*3-13H,1-2H3. The van der Waals surface area contributed by atoms with Crippen LogP contribution >= 0.6 is 45.2 Å². The van der Waals surface area contributed by atoms with E-state index in [0.717, 1.165) is 0 Å². The zero-order chi connectivity index (χ0) is 29.6. The van der Waals surface area contributed by atoms with Crippen LogP contribution in [-0.2, 0) is 0 Å². The minimum atomic E-state index is 1.28. The Morgan fingerprint density at radius 3 is 0.667 bits per heavy atom. The van der Waals surface area contributed by atoms with Crippen molar-refractivity contribution < 1.29 is 0 Å². The van der Waals surface area contributed by atoms with Crippen molar-refractivity contribution in [1.82, 2.24) is 0 Å². The number of aryl methyl sites for hydroxylation is 4. The Morgan fingerprint density at radius 2 is 0.476 bits per heavy atom. The molecule has 42 heavy (non-hydrogen) atoms. The van der Waals surface area contributed by atoms with Gasteiger partial charge in [0.2, 0.25) is 0 Å². The summed E-state index contributed by atoms with van der Waals surface area (Å²) in [7, 11) is 0. The summed E-state index contributed by atoms with van der Waals surface area (Å²) < 4.78 is 2.62. The molecular formula is C40H34I2. The molecule has 0 fully saturated rings. The van der Waals surface area contributed by atoms with Crippen LogP contribution in [0, 0.1) is 34.8 Å². The van der Waals surface area contributed by atoms with Gasteiger partial charge in [-0.1, -0.05) is 156 Å². The quantitative estimate of drug-likeness (QED) is 0.157. The zero-order valence-corrected chi connectivity index (χ0v) is 28.8. The molecule has 0 spiro atoms. The molecule has 0 aromatic heterocycles. The first-order valence-electron chi connectivity index (χ1n) is 14.2. The van der Waals surface area contributed by atoms with Gasteiger partial charge in [0, 0.05) is 7.14 Å². The van der Waals surface area contributed by atoms with Gasteiger partial charge in [0.05, 0.1) is 0 Å². The van der Waals surface area contributed by atoms with Crippen molar-refractivity contribution >= 4 is 45.2 Å². The molecule has 0 aliphatic carbocycles. The monoisotopic (exact) mass is 768 g/mol. The highest BCUT2D eigenvalue weighted by molar-refractivity contribution is 14.1. The van der Waals surface area contributed by atoms with Gasteiger partial charge < -0.3 is 0 Å². The first-order valence-corrected chi connectivity index (χ1v) is 16.3. The van der Waals surface area contributed by atoms with Gasteiger partial charge in [0.15, 0.2) is 0 Å². The molecule has 0 nitrogen and oxygen atoms in total. The molecule has 208 valence electrons. The Bertz CT molecular complexity index is 1510. The summed E-state index contributed by atoms with van der Waals surface area (Å²) in [5.41, 5.74) is 15.5. The molecule has 0 N–H and O–H groups in total. The van der Waals surface area contributed by atoms with Crippen molar-refractivity contribution in [1.29, 1.82) is 0 Å². The second kappa shape index (κ2) is 13.8. The number of hydrogen-bond donors (Lipinski definition) is 0. The second-order valence-corrected chi connectivity index (χ2v) is 13.0. The van der Waals surface area contributed by atoms with E-state index < -0.39 is 0 Å². The van der Waals surface area contributed by atoms with Gasteiger partial charge in [-0.25, -0.2) is 0 Å². The fourth-order valence-electron chi connectivity index (χ4n) is 4.89. The van der Waals surface area contributed by atoms with Gasteiger partial charge in [0.1, 0.15) is 0 Å². The van der Waals surface area contributed by atoms with E-state index in [-0.39, 0.29) is 0 Å². The van der Waals surface area contributed by atoms with E-state index in [1.807, 2.05) is 0 Å². The Kier molecular flexibility index (Phi) is 9.96. The maximum absolute atomic E-state index is 2.47. The van der Waals surface area contributed by atoms with Gasteiger partial charge in [-0.2, -0.15) is 0 Å². The van der Waals surface area contributed by atoms with Crippen LogP contribution in [0.2, 0.25) is 0 Å². The third-order valence-electron chi connectivity index (χ3n) is 7.45. The first-order chi connectivity index (χ1) is 20.3. The number of rotatable bonds is 4. The van der Waals surface area contributed by atoms with Crippen LogP contribution in [0.4, 0.5) is 0 Å². The maximum atomic E-state index is 2.47. The highest BCUT2D eigenvalue weighted by Crippen LogP contribution is 2.35. The highest BCUT2D eigenvalue weighted by atomic mass is 127. The molecule has 0 unspecified atom stereocenters. The fraction of sp³-hybridized carbons (Fsp3) is 0.100. The van der Waals surface area contributed by atoms with Gasteiger partial charge in [0.25, 0.3) is 0 Å². The lowest BCUT2D eigenvalue weighted by Gasteiger charge is -2.11. The van der Waals surface area contributed by atoms with E-state index in [4.69, 9.17) is 0 Å². The largest absolute Gasteiger partial charge is 0.0610 e. The van der Waals surface area contributed by atoms with E-state index in [0.29, 0.717) is 0 Å². The molecule has 0 saturated heterocycles. The summed E-state index contributed by atoms with van der Waals surface area (Å²) in [6, 6.07) is 48.1.